The monoisotopic (exact) mass is 230 g/mol. The molecule has 0 spiro atoms. The smallest absolute Gasteiger partial charge is 0.155 e. The Morgan fingerprint density at radius 2 is 1.69 bits per heavy atom. The van der Waals surface area contributed by atoms with Gasteiger partial charge in [0.25, 0.3) is 0 Å². The second-order valence-corrected chi connectivity index (χ2v) is 3.76. The molecular formula is C12H22O4. The van der Waals surface area contributed by atoms with Crippen molar-refractivity contribution >= 4 is 11.6 Å². The van der Waals surface area contributed by atoms with Crippen LogP contribution in [0.4, 0.5) is 0 Å². The van der Waals surface area contributed by atoms with Crippen LogP contribution in [0.25, 0.3) is 0 Å². The number of ether oxygens (including phenoxy) is 2. The van der Waals surface area contributed by atoms with Crippen molar-refractivity contribution in [3.05, 3.63) is 0 Å². The third kappa shape index (κ3) is 11.3. The predicted molar refractivity (Wildman–Crippen MR) is 61.5 cm³/mol. The summed E-state index contributed by atoms with van der Waals surface area (Å²) in [7, 11) is 0. The maximum Gasteiger partial charge on any atom is 0.155 e. The molecule has 0 saturated carbocycles. The number of rotatable bonds is 11. The van der Waals surface area contributed by atoms with Gasteiger partial charge in [-0.2, -0.15) is 0 Å². The molecule has 0 atom stereocenters. The molecule has 4 nitrogen and oxygen atoms in total. The minimum Gasteiger partial charge on any atom is -0.379 e. The molecule has 16 heavy (non-hydrogen) atoms. The van der Waals surface area contributed by atoms with E-state index in [2.05, 4.69) is 0 Å². The number of hydrogen-bond acceptors (Lipinski definition) is 4. The first kappa shape index (κ1) is 15.3. The second kappa shape index (κ2) is 10.8. The summed E-state index contributed by atoms with van der Waals surface area (Å²) < 4.78 is 10.3. The van der Waals surface area contributed by atoms with E-state index < -0.39 is 0 Å². The molecule has 0 aromatic carbocycles. The lowest BCUT2D eigenvalue weighted by atomic mass is 10.1. The van der Waals surface area contributed by atoms with Crippen LogP contribution in [0.1, 0.15) is 39.5 Å². The number of Topliss-reactive ketones (excluding diaryl/α,β-unsaturated/α-hetero) is 2. The van der Waals surface area contributed by atoms with E-state index in [0.717, 1.165) is 12.8 Å². The van der Waals surface area contributed by atoms with E-state index in [4.69, 9.17) is 9.47 Å². The van der Waals surface area contributed by atoms with Crippen molar-refractivity contribution in [3.63, 3.8) is 0 Å². The molecule has 0 N–H and O–H groups in total. The van der Waals surface area contributed by atoms with E-state index >= 15 is 0 Å². The third-order valence-corrected chi connectivity index (χ3v) is 1.95. The molecule has 0 unspecified atom stereocenters. The van der Waals surface area contributed by atoms with Crippen LogP contribution in [-0.4, -0.2) is 38.0 Å². The highest BCUT2D eigenvalue weighted by Gasteiger charge is 1.99. The van der Waals surface area contributed by atoms with Gasteiger partial charge in [0, 0.05) is 19.4 Å². The Morgan fingerprint density at radius 1 is 1.00 bits per heavy atom. The average Bonchev–Trinajstić information content (AvgIpc) is 2.22. The van der Waals surface area contributed by atoms with Crippen molar-refractivity contribution in [2.24, 2.45) is 0 Å². The quantitative estimate of drug-likeness (QED) is 0.507. The third-order valence-electron chi connectivity index (χ3n) is 1.95. The molecule has 0 bridgehead atoms. The molecule has 0 aromatic heterocycles. The van der Waals surface area contributed by atoms with Crippen molar-refractivity contribution in [1.82, 2.24) is 0 Å². The highest BCUT2D eigenvalue weighted by atomic mass is 16.5. The first-order valence-corrected chi connectivity index (χ1v) is 5.83. The van der Waals surface area contributed by atoms with Gasteiger partial charge in [-0.15, -0.1) is 0 Å². The summed E-state index contributed by atoms with van der Waals surface area (Å²) in [6, 6.07) is 0. The highest BCUT2D eigenvalue weighted by Crippen LogP contribution is 1.98. The number of hydrogen-bond donors (Lipinski definition) is 0. The molecule has 0 aromatic rings. The van der Waals surface area contributed by atoms with Gasteiger partial charge in [0.05, 0.1) is 13.2 Å². The molecular weight excluding hydrogens is 208 g/mol. The van der Waals surface area contributed by atoms with Gasteiger partial charge in [0.1, 0.15) is 12.4 Å². The van der Waals surface area contributed by atoms with Gasteiger partial charge in [-0.05, 0) is 19.8 Å². The van der Waals surface area contributed by atoms with Crippen molar-refractivity contribution in [2.75, 3.05) is 26.4 Å². The van der Waals surface area contributed by atoms with Crippen LogP contribution < -0.4 is 0 Å². The summed E-state index contributed by atoms with van der Waals surface area (Å²) >= 11 is 0. The molecule has 0 saturated heterocycles. The lowest BCUT2D eigenvalue weighted by Crippen LogP contribution is -2.10. The molecule has 0 rings (SSSR count). The molecule has 0 radical (unpaired) electrons. The minimum absolute atomic E-state index is 0.0187. The minimum atomic E-state index is 0.0187. The van der Waals surface area contributed by atoms with Crippen LogP contribution in [-0.2, 0) is 19.1 Å². The summed E-state index contributed by atoms with van der Waals surface area (Å²) in [5.74, 6) is 0.323. The SMILES string of the molecule is CCCC(=O)CCCOCCOCC(C)=O. The van der Waals surface area contributed by atoms with Crippen molar-refractivity contribution in [2.45, 2.75) is 39.5 Å². The van der Waals surface area contributed by atoms with E-state index in [1.54, 1.807) is 0 Å². The van der Waals surface area contributed by atoms with E-state index in [-0.39, 0.29) is 12.4 Å². The van der Waals surface area contributed by atoms with Crippen LogP contribution in [0.3, 0.4) is 0 Å². The fourth-order valence-electron chi connectivity index (χ4n) is 1.21. The van der Waals surface area contributed by atoms with Crippen molar-refractivity contribution < 1.29 is 19.1 Å². The Labute approximate surface area is 97.3 Å². The zero-order valence-corrected chi connectivity index (χ0v) is 10.3. The average molecular weight is 230 g/mol. The Balaban J connectivity index is 3.09. The predicted octanol–water partition coefficient (Wildman–Crippen LogP) is 1.76. The van der Waals surface area contributed by atoms with Gasteiger partial charge in [-0.3, -0.25) is 9.59 Å². The molecule has 0 aliphatic rings. The molecule has 0 aliphatic heterocycles. The number of carbonyl (C=O) groups is 2. The normalized spacial score (nSPS) is 10.4. The van der Waals surface area contributed by atoms with Crippen molar-refractivity contribution in [3.8, 4) is 0 Å². The first-order chi connectivity index (χ1) is 7.66. The molecule has 0 fully saturated rings. The van der Waals surface area contributed by atoms with Gasteiger partial charge in [0.15, 0.2) is 5.78 Å². The molecule has 4 heteroatoms. The Kier molecular flexibility index (Phi) is 10.3. The topological polar surface area (TPSA) is 52.6 Å². The largest absolute Gasteiger partial charge is 0.379 e. The lowest BCUT2D eigenvalue weighted by Gasteiger charge is -2.04. The fourth-order valence-corrected chi connectivity index (χ4v) is 1.21. The Bertz CT molecular complexity index is 201. The van der Waals surface area contributed by atoms with E-state index in [9.17, 15) is 9.59 Å². The zero-order valence-electron chi connectivity index (χ0n) is 10.3. The fraction of sp³-hybridized carbons (Fsp3) is 0.833. The first-order valence-electron chi connectivity index (χ1n) is 5.83. The maximum atomic E-state index is 11.1. The van der Waals surface area contributed by atoms with Gasteiger partial charge in [0.2, 0.25) is 0 Å². The highest BCUT2D eigenvalue weighted by molar-refractivity contribution is 5.78. The molecule has 0 amide bonds. The zero-order chi connectivity index (χ0) is 12.2. The second-order valence-electron chi connectivity index (χ2n) is 3.76. The number of ketones is 2. The van der Waals surface area contributed by atoms with Crippen LogP contribution >= 0.6 is 0 Å². The number of carbonyl (C=O) groups excluding carboxylic acids is 2. The standard InChI is InChI=1S/C12H22O4/c1-3-5-12(14)6-4-7-15-8-9-16-10-11(2)13/h3-10H2,1-2H3. The van der Waals surface area contributed by atoms with Crippen LogP contribution in [0, 0.1) is 0 Å². The molecule has 94 valence electrons. The van der Waals surface area contributed by atoms with Gasteiger partial charge < -0.3 is 9.47 Å². The van der Waals surface area contributed by atoms with Gasteiger partial charge in [-0.25, -0.2) is 0 Å². The Morgan fingerprint density at radius 3 is 2.31 bits per heavy atom. The van der Waals surface area contributed by atoms with E-state index in [1.807, 2.05) is 6.92 Å². The summed E-state index contributed by atoms with van der Waals surface area (Å²) in [5.41, 5.74) is 0. The van der Waals surface area contributed by atoms with Gasteiger partial charge in [-0.1, -0.05) is 6.92 Å². The van der Waals surface area contributed by atoms with Crippen LogP contribution in [0.15, 0.2) is 0 Å². The summed E-state index contributed by atoms with van der Waals surface area (Å²) in [6.07, 6.45) is 2.95. The summed E-state index contributed by atoms with van der Waals surface area (Å²) in [6.45, 7) is 5.13. The molecule has 0 heterocycles. The van der Waals surface area contributed by atoms with Crippen LogP contribution in [0.5, 0.6) is 0 Å². The van der Waals surface area contributed by atoms with Crippen molar-refractivity contribution in [1.29, 1.82) is 0 Å². The van der Waals surface area contributed by atoms with E-state index in [0.29, 0.717) is 38.4 Å². The summed E-state index contributed by atoms with van der Waals surface area (Å²) in [4.78, 5) is 21.6. The summed E-state index contributed by atoms with van der Waals surface area (Å²) in [5, 5.41) is 0. The lowest BCUT2D eigenvalue weighted by molar-refractivity contribution is -0.122. The Hall–Kier alpha value is -0.740. The molecule has 0 aliphatic carbocycles. The van der Waals surface area contributed by atoms with E-state index in [1.165, 1.54) is 6.92 Å². The van der Waals surface area contributed by atoms with Gasteiger partial charge >= 0.3 is 0 Å². The maximum absolute atomic E-state index is 11.1. The van der Waals surface area contributed by atoms with Crippen LogP contribution in [0.2, 0.25) is 0 Å².